The molecule has 0 spiro atoms. The third-order valence-electron chi connectivity index (χ3n) is 1.38. The van der Waals surface area contributed by atoms with Crippen molar-refractivity contribution in [3.8, 4) is 0 Å². The van der Waals surface area contributed by atoms with Crippen molar-refractivity contribution in [3.63, 3.8) is 0 Å². The number of allylic oxidation sites excluding steroid dienone is 4. The summed E-state index contributed by atoms with van der Waals surface area (Å²) in [6.07, 6.45) is 10.5. The Kier molecular flexibility index (Phi) is 3.50. The molecule has 1 heteroatoms. The summed E-state index contributed by atoms with van der Waals surface area (Å²) in [5.74, 6) is 0. The van der Waals surface area contributed by atoms with Gasteiger partial charge in [-0.1, -0.05) is 0 Å². The van der Waals surface area contributed by atoms with Crippen LogP contribution in [0.5, 0.6) is 0 Å². The van der Waals surface area contributed by atoms with Gasteiger partial charge in [0, 0.05) is 0 Å². The minimum atomic E-state index is -0.0374. The summed E-state index contributed by atoms with van der Waals surface area (Å²) in [6.45, 7) is 2.28. The Hall–Kier alpha value is 0.363. The van der Waals surface area contributed by atoms with Gasteiger partial charge in [-0.05, 0) is 0 Å². The number of hydrogen-bond donors (Lipinski definition) is 0. The van der Waals surface area contributed by atoms with E-state index in [0.29, 0.717) is 0 Å². The molecule has 1 aliphatic rings. The zero-order valence-electron chi connectivity index (χ0n) is 5.80. The summed E-state index contributed by atoms with van der Waals surface area (Å²) in [5, 5.41) is 0. The zero-order chi connectivity index (χ0) is 6.53. The molecule has 0 N–H and O–H groups in total. The predicted octanol–water partition coefficient (Wildman–Crippen LogP) is 2.81. The Morgan fingerprint density at radius 2 is 2.00 bits per heavy atom. The minimum absolute atomic E-state index is 0.0374. The van der Waals surface area contributed by atoms with Crippen LogP contribution in [0.4, 0.5) is 0 Å². The zero-order valence-corrected chi connectivity index (χ0v) is 8.26. The molecule has 9 heavy (non-hydrogen) atoms. The summed E-state index contributed by atoms with van der Waals surface area (Å²) in [7, 11) is 0. The van der Waals surface area contributed by atoms with Gasteiger partial charge in [-0.25, -0.2) is 0 Å². The molecule has 0 aromatic carbocycles. The average Bonchev–Trinajstić information content (AvgIpc) is 2.34. The molecule has 0 nitrogen and oxygen atoms in total. The van der Waals surface area contributed by atoms with Gasteiger partial charge in [-0.15, -0.1) is 0 Å². The second-order valence-corrected chi connectivity index (χ2v) is 6.12. The molecule has 0 bridgehead atoms. The Balaban J connectivity index is 2.13. The first kappa shape index (κ1) is 7.47. The third kappa shape index (κ3) is 2.62. The van der Waals surface area contributed by atoms with Crippen LogP contribution in [0.2, 0.25) is 7.75 Å². The van der Waals surface area contributed by atoms with Crippen molar-refractivity contribution in [2.75, 3.05) is 0 Å². The number of rotatable bonds is 3. The number of hydrogen-bond acceptors (Lipinski definition) is 0. The molecular formula is C8H12Zr. The van der Waals surface area contributed by atoms with Crippen LogP contribution in [-0.4, -0.2) is 0 Å². The van der Waals surface area contributed by atoms with Gasteiger partial charge in [0.15, 0.2) is 0 Å². The average molecular weight is 199 g/mol. The molecule has 0 aromatic rings. The van der Waals surface area contributed by atoms with Crippen LogP contribution >= 0.6 is 0 Å². The SMILES string of the molecule is CC[CH2][Zr][CH]1C=CC=C1. The quantitative estimate of drug-likeness (QED) is 0.656. The van der Waals surface area contributed by atoms with Crippen LogP contribution in [0.25, 0.3) is 0 Å². The van der Waals surface area contributed by atoms with Gasteiger partial charge < -0.3 is 0 Å². The van der Waals surface area contributed by atoms with E-state index in [1.807, 2.05) is 0 Å². The van der Waals surface area contributed by atoms with Crippen LogP contribution in [0, 0.1) is 0 Å². The Morgan fingerprint density at radius 1 is 1.33 bits per heavy atom. The van der Waals surface area contributed by atoms with Crippen molar-refractivity contribution in [3.05, 3.63) is 24.3 Å². The van der Waals surface area contributed by atoms with Gasteiger partial charge in [-0.2, -0.15) is 0 Å². The molecule has 0 radical (unpaired) electrons. The summed E-state index contributed by atoms with van der Waals surface area (Å²) < 4.78 is 2.46. The van der Waals surface area contributed by atoms with Crippen LogP contribution in [0.3, 0.4) is 0 Å². The van der Waals surface area contributed by atoms with Gasteiger partial charge in [-0.3, -0.25) is 0 Å². The fourth-order valence-corrected chi connectivity index (χ4v) is 3.62. The van der Waals surface area contributed by atoms with Crippen LogP contribution in [0.1, 0.15) is 13.3 Å². The molecule has 0 saturated heterocycles. The van der Waals surface area contributed by atoms with Crippen molar-refractivity contribution >= 4 is 0 Å². The van der Waals surface area contributed by atoms with E-state index in [4.69, 9.17) is 0 Å². The predicted molar refractivity (Wildman–Crippen MR) is 37.1 cm³/mol. The Labute approximate surface area is 68.6 Å². The molecule has 0 saturated carbocycles. The van der Waals surface area contributed by atoms with Gasteiger partial charge in [0.05, 0.1) is 0 Å². The van der Waals surface area contributed by atoms with Crippen molar-refractivity contribution in [1.82, 2.24) is 0 Å². The third-order valence-corrected chi connectivity index (χ3v) is 5.42. The van der Waals surface area contributed by atoms with E-state index in [-0.39, 0.29) is 23.2 Å². The standard InChI is InChI=1S/C5H5.C3H7.Zr/c1-2-4-5-3-1;1-3-2;/h1-5H;1,3H2,2H3;. The van der Waals surface area contributed by atoms with Crippen LogP contribution < -0.4 is 0 Å². The molecule has 0 aliphatic heterocycles. The maximum absolute atomic E-state index is 2.35. The van der Waals surface area contributed by atoms with Crippen molar-refractivity contribution in [1.29, 1.82) is 0 Å². The van der Waals surface area contributed by atoms with Crippen molar-refractivity contribution in [2.24, 2.45) is 0 Å². The van der Waals surface area contributed by atoms with Crippen LogP contribution in [-0.2, 0) is 23.2 Å². The molecular weight excluding hydrogens is 187 g/mol. The summed E-state index contributed by atoms with van der Waals surface area (Å²) in [6, 6.07) is 0. The van der Waals surface area contributed by atoms with E-state index in [1.54, 1.807) is 0 Å². The molecule has 1 aliphatic carbocycles. The van der Waals surface area contributed by atoms with Gasteiger partial charge >= 0.3 is 68.6 Å². The van der Waals surface area contributed by atoms with E-state index >= 15 is 0 Å². The van der Waals surface area contributed by atoms with E-state index < -0.39 is 0 Å². The van der Waals surface area contributed by atoms with Crippen molar-refractivity contribution < 1.29 is 23.2 Å². The van der Waals surface area contributed by atoms with E-state index in [1.165, 1.54) is 10.5 Å². The Bertz CT molecular complexity index is 113. The molecule has 0 heterocycles. The Morgan fingerprint density at radius 3 is 2.56 bits per heavy atom. The van der Waals surface area contributed by atoms with Crippen molar-refractivity contribution in [2.45, 2.75) is 21.1 Å². The summed E-state index contributed by atoms with van der Waals surface area (Å²) in [4.78, 5) is 0. The molecule has 48 valence electrons. The first-order chi connectivity index (χ1) is 4.43. The molecule has 0 atom stereocenters. The van der Waals surface area contributed by atoms with Gasteiger partial charge in [0.1, 0.15) is 0 Å². The van der Waals surface area contributed by atoms with Gasteiger partial charge in [0.2, 0.25) is 0 Å². The molecule has 0 aromatic heterocycles. The molecule has 0 unspecified atom stereocenters. The van der Waals surface area contributed by atoms with Gasteiger partial charge in [0.25, 0.3) is 0 Å². The first-order valence-corrected chi connectivity index (χ1v) is 6.67. The summed E-state index contributed by atoms with van der Waals surface area (Å²) in [5.41, 5.74) is 0. The monoisotopic (exact) mass is 198 g/mol. The molecule has 0 fully saturated rings. The first-order valence-electron chi connectivity index (χ1n) is 3.52. The van der Waals surface area contributed by atoms with Crippen LogP contribution in [0.15, 0.2) is 24.3 Å². The van der Waals surface area contributed by atoms with E-state index in [9.17, 15) is 0 Å². The topological polar surface area (TPSA) is 0 Å². The molecule has 1 rings (SSSR count). The second-order valence-electron chi connectivity index (χ2n) is 2.25. The van der Waals surface area contributed by atoms with E-state index in [0.717, 1.165) is 3.63 Å². The fraction of sp³-hybridized carbons (Fsp3) is 0.500. The maximum atomic E-state index is 2.35. The summed E-state index contributed by atoms with van der Waals surface area (Å²) >= 11 is -0.0374. The second kappa shape index (κ2) is 4.22. The molecule has 0 amide bonds. The normalized spacial score (nSPS) is 17.0. The van der Waals surface area contributed by atoms with E-state index in [2.05, 4.69) is 31.2 Å². The fourth-order valence-electron chi connectivity index (χ4n) is 0.879.